The van der Waals surface area contributed by atoms with Crippen molar-refractivity contribution in [2.75, 3.05) is 11.9 Å². The minimum absolute atomic E-state index is 0.0611. The van der Waals surface area contributed by atoms with Gasteiger partial charge in [-0.05, 0) is 19.9 Å². The monoisotopic (exact) mass is 263 g/mol. The minimum Gasteiger partial charge on any atom is -0.480 e. The van der Waals surface area contributed by atoms with Crippen molar-refractivity contribution in [1.82, 2.24) is 0 Å². The first-order valence-electron chi connectivity index (χ1n) is 5.37. The summed E-state index contributed by atoms with van der Waals surface area (Å²) in [6.45, 7) is 2.97. The number of anilines is 1. The van der Waals surface area contributed by atoms with E-state index in [1.807, 2.05) is 6.07 Å². The van der Waals surface area contributed by atoms with E-state index in [9.17, 15) is 14.9 Å². The Balaban J connectivity index is 3.33. The van der Waals surface area contributed by atoms with Crippen molar-refractivity contribution in [3.63, 3.8) is 0 Å². The molecule has 0 saturated carbocycles. The molecule has 0 aromatic heterocycles. The maximum Gasteiger partial charge on any atom is 0.328 e. The Morgan fingerprint density at radius 3 is 2.53 bits per heavy atom. The van der Waals surface area contributed by atoms with Crippen LogP contribution in [0.25, 0.3) is 0 Å². The average Bonchev–Trinajstić information content (AvgIpc) is 2.36. The molecule has 7 nitrogen and oxygen atoms in total. The summed E-state index contributed by atoms with van der Waals surface area (Å²) in [5.41, 5.74) is -1.05. The number of aliphatic carboxylic acids is 1. The number of hydrogen-bond donors (Lipinski definition) is 1. The summed E-state index contributed by atoms with van der Waals surface area (Å²) in [7, 11) is 1.52. The summed E-state index contributed by atoms with van der Waals surface area (Å²) in [6.07, 6.45) is 0. The summed E-state index contributed by atoms with van der Waals surface area (Å²) in [5, 5.41) is 28.8. The van der Waals surface area contributed by atoms with Crippen LogP contribution in [0.15, 0.2) is 18.2 Å². The lowest BCUT2D eigenvalue weighted by Crippen LogP contribution is -2.48. The van der Waals surface area contributed by atoms with Gasteiger partial charge in [0.1, 0.15) is 11.6 Å². The van der Waals surface area contributed by atoms with E-state index in [2.05, 4.69) is 0 Å². The fourth-order valence-electron chi connectivity index (χ4n) is 1.46. The van der Waals surface area contributed by atoms with E-state index in [0.29, 0.717) is 5.69 Å². The van der Waals surface area contributed by atoms with Gasteiger partial charge in [-0.25, -0.2) is 4.79 Å². The first-order valence-corrected chi connectivity index (χ1v) is 5.37. The Kier molecular flexibility index (Phi) is 3.75. The lowest BCUT2D eigenvalue weighted by atomic mass is 10.0. The number of hydrogen-bond acceptors (Lipinski definition) is 5. The van der Waals surface area contributed by atoms with Crippen LogP contribution >= 0.6 is 0 Å². The molecule has 0 bridgehead atoms. The third-order valence-electron chi connectivity index (χ3n) is 3.03. The number of carbonyl (C=O) groups is 1. The van der Waals surface area contributed by atoms with Crippen molar-refractivity contribution in [2.45, 2.75) is 19.4 Å². The van der Waals surface area contributed by atoms with Crippen molar-refractivity contribution >= 4 is 17.3 Å². The molecule has 100 valence electrons. The van der Waals surface area contributed by atoms with Gasteiger partial charge in [-0.2, -0.15) is 5.26 Å². The number of non-ortho nitro benzene ring substituents is 1. The number of likely N-dealkylation sites (N-methyl/N-ethyl adjacent to an activating group) is 1. The van der Waals surface area contributed by atoms with E-state index in [1.165, 1.54) is 37.9 Å². The first kappa shape index (κ1) is 14.4. The largest absolute Gasteiger partial charge is 0.480 e. The summed E-state index contributed by atoms with van der Waals surface area (Å²) in [5.74, 6) is -1.06. The summed E-state index contributed by atoms with van der Waals surface area (Å²) in [6, 6.07) is 5.59. The first-order chi connectivity index (χ1) is 8.71. The standard InChI is InChI=1S/C12H13N3O4/c1-12(2,11(16)17)14(3)10-5-4-9(15(18)19)6-8(10)7-13/h4-6H,1-3H3,(H,16,17). The molecule has 0 radical (unpaired) electrons. The smallest absolute Gasteiger partial charge is 0.328 e. The van der Waals surface area contributed by atoms with E-state index in [4.69, 9.17) is 10.4 Å². The fraction of sp³-hybridized carbons (Fsp3) is 0.333. The molecule has 0 spiro atoms. The molecule has 1 aromatic rings. The van der Waals surface area contributed by atoms with Gasteiger partial charge in [-0.15, -0.1) is 0 Å². The van der Waals surface area contributed by atoms with Crippen molar-refractivity contribution in [3.8, 4) is 6.07 Å². The molecule has 1 aromatic carbocycles. The normalized spacial score (nSPS) is 10.6. The summed E-state index contributed by atoms with van der Waals surface area (Å²) in [4.78, 5) is 22.6. The number of nitro groups is 1. The summed E-state index contributed by atoms with van der Waals surface area (Å²) < 4.78 is 0. The van der Waals surface area contributed by atoms with Gasteiger partial charge in [-0.1, -0.05) is 0 Å². The average molecular weight is 263 g/mol. The third kappa shape index (κ3) is 2.63. The maximum absolute atomic E-state index is 11.2. The van der Waals surface area contributed by atoms with Gasteiger partial charge < -0.3 is 10.0 Å². The molecule has 0 unspecified atom stereocenters. The molecule has 0 aliphatic heterocycles. The quantitative estimate of drug-likeness (QED) is 0.655. The Labute approximate surface area is 109 Å². The second-order valence-electron chi connectivity index (χ2n) is 4.49. The molecule has 0 amide bonds. The zero-order valence-corrected chi connectivity index (χ0v) is 10.7. The van der Waals surface area contributed by atoms with Crippen molar-refractivity contribution < 1.29 is 14.8 Å². The molecular formula is C12H13N3O4. The highest BCUT2D eigenvalue weighted by molar-refractivity contribution is 5.83. The lowest BCUT2D eigenvalue weighted by molar-refractivity contribution is -0.384. The number of nitrogens with zero attached hydrogens (tertiary/aromatic N) is 3. The van der Waals surface area contributed by atoms with Gasteiger partial charge >= 0.3 is 5.97 Å². The SMILES string of the molecule is CN(c1ccc([N+](=O)[O-])cc1C#N)C(C)(C)C(=O)O. The Hall–Kier alpha value is -2.62. The van der Waals surface area contributed by atoms with Crippen LogP contribution in [0, 0.1) is 21.4 Å². The van der Waals surface area contributed by atoms with Gasteiger partial charge in [0.25, 0.3) is 5.69 Å². The fourth-order valence-corrected chi connectivity index (χ4v) is 1.46. The zero-order chi connectivity index (χ0) is 14.8. The number of carboxylic acids is 1. The predicted molar refractivity (Wildman–Crippen MR) is 67.9 cm³/mol. The van der Waals surface area contributed by atoms with Crippen molar-refractivity contribution in [1.29, 1.82) is 5.26 Å². The van der Waals surface area contributed by atoms with E-state index in [1.54, 1.807) is 0 Å². The molecule has 0 atom stereocenters. The molecule has 19 heavy (non-hydrogen) atoms. The number of benzene rings is 1. The lowest BCUT2D eigenvalue weighted by Gasteiger charge is -2.33. The molecule has 0 fully saturated rings. The van der Waals surface area contributed by atoms with Crippen LogP contribution in [0.5, 0.6) is 0 Å². The van der Waals surface area contributed by atoms with Gasteiger partial charge in [0, 0.05) is 19.2 Å². The van der Waals surface area contributed by atoms with Gasteiger partial charge in [0.05, 0.1) is 16.2 Å². The van der Waals surface area contributed by atoms with Crippen LogP contribution in [-0.2, 0) is 4.79 Å². The van der Waals surface area contributed by atoms with Crippen LogP contribution in [0.1, 0.15) is 19.4 Å². The molecule has 1 rings (SSSR count). The van der Waals surface area contributed by atoms with E-state index >= 15 is 0 Å². The number of nitro benzene ring substituents is 1. The molecule has 1 N–H and O–H groups in total. The number of nitriles is 1. The van der Waals surface area contributed by atoms with Gasteiger partial charge in [0.15, 0.2) is 0 Å². The number of carboxylic acid groups (broad SMARTS) is 1. The Morgan fingerprint density at radius 1 is 1.53 bits per heavy atom. The topological polar surface area (TPSA) is 107 Å². The van der Waals surface area contributed by atoms with Gasteiger partial charge in [0.2, 0.25) is 0 Å². The van der Waals surface area contributed by atoms with Crippen LogP contribution in [0.4, 0.5) is 11.4 Å². The van der Waals surface area contributed by atoms with Crippen LogP contribution in [0.3, 0.4) is 0 Å². The third-order valence-corrected chi connectivity index (χ3v) is 3.03. The maximum atomic E-state index is 11.2. The van der Waals surface area contributed by atoms with Crippen LogP contribution in [-0.4, -0.2) is 28.6 Å². The van der Waals surface area contributed by atoms with Crippen LogP contribution < -0.4 is 4.90 Å². The van der Waals surface area contributed by atoms with E-state index in [0.717, 1.165) is 6.07 Å². The highest BCUT2D eigenvalue weighted by atomic mass is 16.6. The molecule has 0 saturated heterocycles. The predicted octanol–water partition coefficient (Wildman–Crippen LogP) is 1.77. The van der Waals surface area contributed by atoms with Crippen LogP contribution in [0.2, 0.25) is 0 Å². The minimum atomic E-state index is -1.23. The molecular weight excluding hydrogens is 250 g/mol. The van der Waals surface area contributed by atoms with Crippen molar-refractivity contribution in [2.24, 2.45) is 0 Å². The molecule has 7 heteroatoms. The molecule has 0 heterocycles. The van der Waals surface area contributed by atoms with E-state index < -0.39 is 16.4 Å². The Bertz CT molecular complexity index is 575. The van der Waals surface area contributed by atoms with E-state index in [-0.39, 0.29) is 11.3 Å². The number of rotatable bonds is 4. The zero-order valence-electron chi connectivity index (χ0n) is 10.7. The molecule has 0 aliphatic carbocycles. The molecule has 0 aliphatic rings. The van der Waals surface area contributed by atoms with Crippen molar-refractivity contribution in [3.05, 3.63) is 33.9 Å². The van der Waals surface area contributed by atoms with Gasteiger partial charge in [-0.3, -0.25) is 10.1 Å². The summed E-state index contributed by atoms with van der Waals surface area (Å²) >= 11 is 0. The Morgan fingerprint density at radius 2 is 2.11 bits per heavy atom. The highest BCUT2D eigenvalue weighted by Gasteiger charge is 2.33. The second kappa shape index (κ2) is 4.94. The highest BCUT2D eigenvalue weighted by Crippen LogP contribution is 2.28. The second-order valence-corrected chi connectivity index (χ2v) is 4.49.